The number of carbonyl (C=O) groups excluding carboxylic acids is 2. The first kappa shape index (κ1) is 14.3. The van der Waals surface area contributed by atoms with E-state index < -0.39 is 5.97 Å². The molecule has 23 heavy (non-hydrogen) atoms. The van der Waals surface area contributed by atoms with Crippen LogP contribution in [-0.4, -0.2) is 31.8 Å². The third-order valence-corrected chi connectivity index (χ3v) is 5.74. The number of carboxylic acids is 1. The van der Waals surface area contributed by atoms with E-state index in [1.54, 1.807) is 17.8 Å². The van der Waals surface area contributed by atoms with Gasteiger partial charge in [0, 0.05) is 13.1 Å². The van der Waals surface area contributed by atoms with Gasteiger partial charge in [-0.1, -0.05) is 0 Å². The normalized spacial score (nSPS) is 23.4. The van der Waals surface area contributed by atoms with Crippen LogP contribution in [-0.2, 0) is 16.1 Å². The Balaban J connectivity index is 1.65. The average molecular weight is 329 g/mol. The van der Waals surface area contributed by atoms with E-state index in [1.165, 1.54) is 4.90 Å². The van der Waals surface area contributed by atoms with E-state index in [0.29, 0.717) is 13.0 Å². The highest BCUT2D eigenvalue weighted by Crippen LogP contribution is 2.40. The molecule has 0 bridgehead atoms. The van der Waals surface area contributed by atoms with E-state index in [4.69, 9.17) is 0 Å². The lowest BCUT2D eigenvalue weighted by Gasteiger charge is -2.45. The molecule has 2 aromatic heterocycles. The zero-order valence-electron chi connectivity index (χ0n) is 12.5. The fraction of sp³-hybridized carbons (Fsp3) is 0.312. The molecule has 1 unspecified atom stereocenters. The lowest BCUT2D eigenvalue weighted by atomic mass is 10.1. The number of carboxylic acid groups (broad SMARTS) is 1. The number of amides is 1. The predicted octanol–water partition coefficient (Wildman–Crippen LogP) is -0.157. The number of aryl methyl sites for hydroxylation is 1. The number of aliphatic carboxylic acids is 1. The minimum Gasteiger partial charge on any atom is -0.543 e. The van der Waals surface area contributed by atoms with Gasteiger partial charge in [-0.25, -0.2) is 0 Å². The minimum atomic E-state index is -1.28. The second kappa shape index (κ2) is 5.13. The molecule has 1 fully saturated rings. The van der Waals surface area contributed by atoms with Crippen molar-refractivity contribution in [1.29, 1.82) is 0 Å². The van der Waals surface area contributed by atoms with E-state index in [1.807, 2.05) is 31.6 Å². The Hall–Kier alpha value is -2.28. The molecule has 2 atom stereocenters. The van der Waals surface area contributed by atoms with E-state index in [9.17, 15) is 14.7 Å². The molecular formula is C16H15N3O3S. The van der Waals surface area contributed by atoms with Crippen molar-refractivity contribution >= 4 is 29.2 Å². The van der Waals surface area contributed by atoms with E-state index in [2.05, 4.69) is 15.0 Å². The summed E-state index contributed by atoms with van der Waals surface area (Å²) in [5.74, 6) is -1.42. The summed E-state index contributed by atoms with van der Waals surface area (Å²) < 4.78 is 4.17. The van der Waals surface area contributed by atoms with E-state index >= 15 is 0 Å². The van der Waals surface area contributed by atoms with Crippen LogP contribution in [0.25, 0.3) is 5.52 Å². The zero-order valence-corrected chi connectivity index (χ0v) is 13.3. The third kappa shape index (κ3) is 2.23. The quantitative estimate of drug-likeness (QED) is 0.580. The van der Waals surface area contributed by atoms with Crippen LogP contribution in [0.4, 0.5) is 0 Å². The van der Waals surface area contributed by atoms with Gasteiger partial charge in [0.05, 0.1) is 34.9 Å². The molecule has 0 aliphatic carbocycles. The second-order valence-electron chi connectivity index (χ2n) is 5.77. The van der Waals surface area contributed by atoms with Gasteiger partial charge in [-0.3, -0.25) is 9.69 Å². The Labute approximate surface area is 137 Å². The van der Waals surface area contributed by atoms with Crippen LogP contribution in [0.1, 0.15) is 12.1 Å². The fourth-order valence-corrected chi connectivity index (χ4v) is 4.63. The Morgan fingerprint density at radius 1 is 1.48 bits per heavy atom. The van der Waals surface area contributed by atoms with Crippen molar-refractivity contribution in [3.63, 3.8) is 0 Å². The van der Waals surface area contributed by atoms with Crippen LogP contribution in [0.15, 0.2) is 42.5 Å². The van der Waals surface area contributed by atoms with E-state index in [0.717, 1.165) is 11.2 Å². The fourth-order valence-electron chi connectivity index (χ4n) is 3.18. The number of hydrogen-bond acceptors (Lipinski definition) is 4. The van der Waals surface area contributed by atoms with Crippen molar-refractivity contribution in [1.82, 2.24) is 9.30 Å². The Morgan fingerprint density at radius 3 is 3.04 bits per heavy atom. The summed E-state index contributed by atoms with van der Waals surface area (Å²) >= 11 is 1.63. The largest absolute Gasteiger partial charge is 0.543 e. The number of hydrogen-bond donors (Lipinski definition) is 0. The van der Waals surface area contributed by atoms with Crippen molar-refractivity contribution in [2.45, 2.75) is 30.5 Å². The van der Waals surface area contributed by atoms with Crippen LogP contribution in [0.3, 0.4) is 0 Å². The first-order chi connectivity index (χ1) is 11.0. The van der Waals surface area contributed by atoms with Gasteiger partial charge in [0.25, 0.3) is 0 Å². The molecule has 6 nitrogen and oxygen atoms in total. The lowest BCUT2D eigenvalue weighted by molar-refractivity contribution is -0.700. The van der Waals surface area contributed by atoms with Crippen LogP contribution in [0, 0.1) is 6.92 Å². The summed E-state index contributed by atoms with van der Waals surface area (Å²) in [6.07, 6.45) is 8.01. The van der Waals surface area contributed by atoms with Gasteiger partial charge < -0.3 is 14.3 Å². The van der Waals surface area contributed by atoms with Gasteiger partial charge >= 0.3 is 0 Å². The monoisotopic (exact) mass is 329 g/mol. The molecule has 2 aliphatic rings. The standard InChI is InChI=1S/C16H15N3O3S/c1-10-12-3-2-4-17(12)5-6-18(10)9-11-7-13(16(21)22)19-14(20)8-15(19)23-11/h2-7,11,15H,8-9H2,1H3/t11?,15-/m1/s1. The maximum absolute atomic E-state index is 11.6. The number of fused-ring (bicyclic) bond motifs is 2. The molecule has 0 aromatic carbocycles. The first-order valence-corrected chi connectivity index (χ1v) is 8.35. The molecule has 1 amide bonds. The summed E-state index contributed by atoms with van der Waals surface area (Å²) in [7, 11) is 0. The molecule has 0 spiro atoms. The van der Waals surface area contributed by atoms with Crippen LogP contribution in [0.5, 0.6) is 0 Å². The van der Waals surface area contributed by atoms with Gasteiger partial charge in [-0.05, 0) is 18.2 Å². The summed E-state index contributed by atoms with van der Waals surface area (Å²) in [5, 5.41) is 11.2. The van der Waals surface area contributed by atoms with Gasteiger partial charge in [0.15, 0.2) is 12.7 Å². The maximum atomic E-state index is 11.6. The molecule has 0 N–H and O–H groups in total. The second-order valence-corrected chi connectivity index (χ2v) is 7.19. The Morgan fingerprint density at radius 2 is 2.30 bits per heavy atom. The molecule has 2 aliphatic heterocycles. The molecule has 0 saturated carbocycles. The number of carbonyl (C=O) groups is 2. The highest BCUT2D eigenvalue weighted by atomic mass is 32.2. The Bertz CT molecular complexity index is 857. The molecular weight excluding hydrogens is 314 g/mol. The number of rotatable bonds is 3. The maximum Gasteiger partial charge on any atom is 0.230 e. The lowest BCUT2D eigenvalue weighted by Crippen LogP contribution is -2.57. The zero-order chi connectivity index (χ0) is 16.1. The van der Waals surface area contributed by atoms with Gasteiger partial charge in [0.1, 0.15) is 5.52 Å². The highest BCUT2D eigenvalue weighted by molar-refractivity contribution is 8.00. The molecule has 118 valence electrons. The van der Waals surface area contributed by atoms with E-state index in [-0.39, 0.29) is 22.2 Å². The highest BCUT2D eigenvalue weighted by Gasteiger charge is 2.44. The summed E-state index contributed by atoms with van der Waals surface area (Å²) in [6.45, 7) is 2.71. The topological polar surface area (TPSA) is 68.7 Å². The average Bonchev–Trinajstić information content (AvgIpc) is 2.98. The number of nitrogens with zero attached hydrogens (tertiary/aromatic N) is 3. The molecule has 1 saturated heterocycles. The molecule has 4 rings (SSSR count). The molecule has 2 aromatic rings. The van der Waals surface area contributed by atoms with Crippen molar-refractivity contribution < 1.29 is 19.3 Å². The molecule has 7 heteroatoms. The van der Waals surface area contributed by atoms with Gasteiger partial charge in [-0.2, -0.15) is 4.57 Å². The number of thioether (sulfide) groups is 1. The number of β-lactam (4-membered cyclic amide) rings is 1. The minimum absolute atomic E-state index is 0.00152. The van der Waals surface area contributed by atoms with Crippen molar-refractivity contribution in [2.75, 3.05) is 0 Å². The summed E-state index contributed by atoms with van der Waals surface area (Å²) in [4.78, 5) is 24.2. The smallest absolute Gasteiger partial charge is 0.230 e. The van der Waals surface area contributed by atoms with Crippen LogP contribution in [0.2, 0.25) is 0 Å². The summed E-state index contributed by atoms with van der Waals surface area (Å²) in [6, 6.07) is 4.04. The SMILES string of the molecule is Cc1c2cccn2cc[n+]1CC1C=C(C(=O)[O-])N2C(=O)C[C@H]2S1. The van der Waals surface area contributed by atoms with Crippen LogP contribution < -0.4 is 9.67 Å². The Kier molecular flexibility index (Phi) is 3.19. The molecule has 4 heterocycles. The van der Waals surface area contributed by atoms with Crippen molar-refractivity contribution in [3.8, 4) is 0 Å². The van der Waals surface area contributed by atoms with Gasteiger partial charge in [0.2, 0.25) is 11.6 Å². The van der Waals surface area contributed by atoms with Crippen molar-refractivity contribution in [2.24, 2.45) is 0 Å². The summed E-state index contributed by atoms with van der Waals surface area (Å²) in [5.41, 5.74) is 2.25. The third-order valence-electron chi connectivity index (χ3n) is 4.41. The predicted molar refractivity (Wildman–Crippen MR) is 82.0 cm³/mol. The van der Waals surface area contributed by atoms with Crippen molar-refractivity contribution in [3.05, 3.63) is 48.2 Å². The first-order valence-electron chi connectivity index (χ1n) is 7.41. The molecule has 0 radical (unpaired) electrons. The van der Waals surface area contributed by atoms with Crippen LogP contribution >= 0.6 is 11.8 Å². The number of aromatic nitrogens is 2. The van der Waals surface area contributed by atoms with Gasteiger partial charge in [-0.15, -0.1) is 11.8 Å².